The Hall–Kier alpha value is -7.73. The fraction of sp³-hybridized carbons (Fsp3) is 0.352. The molecule has 1 aromatic heterocycles. The SMILES string of the molecule is COc1ccc(CN(Cc2ccc(OC)cc2)S(=O)(=O)c2c(S(=O)(=O)N[C@@H]3CCN(C(=O)OC(C)(C)C)C3)ccc(N3CC[C@@H](CN4C(=O)c5ccccc5C4=O)CC3=O)c2-c2nnn(Cc3ccc(OC)cc3)n2)cc1. The Balaban J connectivity index is 1.18. The second kappa shape index (κ2) is 22.1. The lowest BCUT2D eigenvalue weighted by Gasteiger charge is -2.35. The maximum atomic E-state index is 16.3. The lowest BCUT2D eigenvalue weighted by Crippen LogP contribution is -2.44. The summed E-state index contributed by atoms with van der Waals surface area (Å²) in [6.07, 6.45) is -0.359. The van der Waals surface area contributed by atoms with Gasteiger partial charge in [-0.25, -0.2) is 26.4 Å². The molecule has 0 spiro atoms. The van der Waals surface area contributed by atoms with Crippen molar-refractivity contribution >= 4 is 49.5 Å². The number of anilines is 1. The van der Waals surface area contributed by atoms with E-state index in [1.54, 1.807) is 118 Å². The molecule has 0 radical (unpaired) electrons. The highest BCUT2D eigenvalue weighted by molar-refractivity contribution is 7.92. The van der Waals surface area contributed by atoms with Crippen LogP contribution in [-0.2, 0) is 49.2 Å². The third kappa shape index (κ3) is 11.8. The highest BCUT2D eigenvalue weighted by Crippen LogP contribution is 2.43. The number of hydrogen-bond acceptors (Lipinski definition) is 15. The van der Waals surface area contributed by atoms with Gasteiger partial charge in [0, 0.05) is 51.7 Å². The molecule has 0 aliphatic carbocycles. The van der Waals surface area contributed by atoms with Crippen LogP contribution in [0.25, 0.3) is 11.4 Å². The number of fused-ring (bicyclic) bond motifs is 1. The van der Waals surface area contributed by atoms with Gasteiger partial charge in [-0.2, -0.15) is 9.10 Å². The average molecular weight is 1090 g/mol. The molecule has 404 valence electrons. The summed E-state index contributed by atoms with van der Waals surface area (Å²) in [6, 6.07) is 28.7. The molecule has 2 atom stereocenters. The fourth-order valence-corrected chi connectivity index (χ4v) is 13.3. The van der Waals surface area contributed by atoms with Crippen molar-refractivity contribution < 1.29 is 55.0 Å². The first-order chi connectivity index (χ1) is 36.7. The molecular weight excluding hydrogens is 1030 g/mol. The number of nitrogens with one attached hydrogen (secondary N) is 1. The van der Waals surface area contributed by atoms with Crippen LogP contribution in [0.4, 0.5) is 10.5 Å². The summed E-state index contributed by atoms with van der Waals surface area (Å²) in [5.74, 6) is -0.563. The van der Waals surface area contributed by atoms with Gasteiger partial charge in [0.05, 0.1) is 50.3 Å². The third-order valence-electron chi connectivity index (χ3n) is 13.5. The molecule has 3 aliphatic rings. The Morgan fingerprint density at radius 2 is 1.29 bits per heavy atom. The average Bonchev–Trinajstić information content (AvgIpc) is 4.14. The Kier molecular flexibility index (Phi) is 15.5. The molecule has 77 heavy (non-hydrogen) atoms. The van der Waals surface area contributed by atoms with E-state index in [2.05, 4.69) is 15.0 Å². The lowest BCUT2D eigenvalue weighted by molar-refractivity contribution is -0.120. The minimum Gasteiger partial charge on any atom is -0.497 e. The number of nitrogens with zero attached hydrogens (tertiary/aromatic N) is 8. The molecular formula is C54H59N9O12S2. The van der Waals surface area contributed by atoms with Crippen LogP contribution >= 0.6 is 0 Å². The number of carbonyl (C=O) groups is 4. The highest BCUT2D eigenvalue weighted by atomic mass is 32.2. The van der Waals surface area contributed by atoms with Gasteiger partial charge in [-0.15, -0.1) is 10.2 Å². The van der Waals surface area contributed by atoms with Crippen LogP contribution in [0.5, 0.6) is 17.2 Å². The predicted molar refractivity (Wildman–Crippen MR) is 281 cm³/mol. The van der Waals surface area contributed by atoms with Gasteiger partial charge in [0.15, 0.2) is 0 Å². The number of methoxy groups -OCH3 is 3. The zero-order valence-electron chi connectivity index (χ0n) is 43.4. The van der Waals surface area contributed by atoms with E-state index in [9.17, 15) is 19.2 Å². The van der Waals surface area contributed by atoms with E-state index >= 15 is 16.8 Å². The molecule has 0 unspecified atom stereocenters. The monoisotopic (exact) mass is 1090 g/mol. The first-order valence-electron chi connectivity index (χ1n) is 24.8. The maximum absolute atomic E-state index is 16.3. The third-order valence-corrected chi connectivity index (χ3v) is 17.0. The van der Waals surface area contributed by atoms with Crippen molar-refractivity contribution in [2.45, 2.75) is 81.1 Å². The molecule has 3 aliphatic heterocycles. The summed E-state index contributed by atoms with van der Waals surface area (Å²) in [4.78, 5) is 58.4. The largest absolute Gasteiger partial charge is 0.497 e. The number of likely N-dealkylation sites (tertiary alicyclic amines) is 1. The molecule has 0 bridgehead atoms. The van der Waals surface area contributed by atoms with Crippen molar-refractivity contribution in [2.24, 2.45) is 5.92 Å². The van der Waals surface area contributed by atoms with Crippen molar-refractivity contribution in [1.29, 1.82) is 0 Å². The lowest BCUT2D eigenvalue weighted by atomic mass is 9.94. The summed E-state index contributed by atoms with van der Waals surface area (Å²) in [6.45, 7) is 4.66. The second-order valence-corrected chi connectivity index (χ2v) is 23.5. The highest BCUT2D eigenvalue weighted by Gasteiger charge is 2.43. The number of rotatable bonds is 18. The molecule has 9 rings (SSSR count). The smallest absolute Gasteiger partial charge is 0.410 e. The number of ether oxygens (including phenoxy) is 4. The van der Waals surface area contributed by atoms with E-state index in [1.165, 1.54) is 42.0 Å². The Morgan fingerprint density at radius 1 is 0.727 bits per heavy atom. The van der Waals surface area contributed by atoms with E-state index in [0.29, 0.717) is 28.4 Å². The Labute approximate surface area is 446 Å². The number of sulfonamides is 2. The van der Waals surface area contributed by atoms with E-state index < -0.39 is 71.2 Å². The quantitative estimate of drug-likeness (QED) is 0.0952. The Morgan fingerprint density at radius 3 is 1.82 bits per heavy atom. The summed E-state index contributed by atoms with van der Waals surface area (Å²) < 4.78 is 88.6. The van der Waals surface area contributed by atoms with Crippen LogP contribution in [0.15, 0.2) is 119 Å². The molecule has 23 heteroatoms. The molecule has 21 nitrogen and oxygen atoms in total. The van der Waals surface area contributed by atoms with Crippen LogP contribution in [0, 0.1) is 5.92 Å². The summed E-state index contributed by atoms with van der Waals surface area (Å²) in [5.41, 5.74) is 1.15. The predicted octanol–water partition coefficient (Wildman–Crippen LogP) is 6.13. The van der Waals surface area contributed by atoms with Gasteiger partial charge in [-0.3, -0.25) is 19.3 Å². The number of tetrazole rings is 1. The van der Waals surface area contributed by atoms with Crippen LogP contribution in [-0.4, -0.2) is 134 Å². The second-order valence-electron chi connectivity index (χ2n) is 20.0. The van der Waals surface area contributed by atoms with Crippen LogP contribution in [0.3, 0.4) is 0 Å². The van der Waals surface area contributed by atoms with Gasteiger partial charge >= 0.3 is 6.09 Å². The molecule has 4 amide bonds. The number of amides is 4. The molecule has 2 fully saturated rings. The number of carbonyl (C=O) groups excluding carboxylic acids is 4. The van der Waals surface area contributed by atoms with E-state index in [4.69, 9.17) is 24.0 Å². The molecule has 1 N–H and O–H groups in total. The minimum absolute atomic E-state index is 0.0264. The van der Waals surface area contributed by atoms with Crippen molar-refractivity contribution in [3.8, 4) is 28.6 Å². The maximum Gasteiger partial charge on any atom is 0.410 e. The zero-order chi connectivity index (χ0) is 54.8. The van der Waals surface area contributed by atoms with Gasteiger partial charge in [0.2, 0.25) is 31.8 Å². The van der Waals surface area contributed by atoms with Crippen LogP contribution in [0.1, 0.15) is 77.4 Å². The molecule has 2 saturated heterocycles. The van der Waals surface area contributed by atoms with Crippen LogP contribution in [0.2, 0.25) is 0 Å². The van der Waals surface area contributed by atoms with E-state index in [1.807, 2.05) is 0 Å². The summed E-state index contributed by atoms with van der Waals surface area (Å²) >= 11 is 0. The van der Waals surface area contributed by atoms with Gasteiger partial charge in [0.1, 0.15) is 32.6 Å². The first-order valence-corrected chi connectivity index (χ1v) is 27.8. The number of benzene rings is 5. The molecule has 0 saturated carbocycles. The first kappa shape index (κ1) is 54.1. The van der Waals surface area contributed by atoms with Gasteiger partial charge in [0.25, 0.3) is 11.8 Å². The van der Waals surface area contributed by atoms with Gasteiger partial charge < -0.3 is 28.7 Å². The summed E-state index contributed by atoms with van der Waals surface area (Å²) in [7, 11) is -5.41. The normalized spacial score (nSPS) is 17.0. The van der Waals surface area contributed by atoms with Gasteiger partial charge in [-0.05, 0) is 122 Å². The topological polar surface area (TPSA) is 242 Å². The van der Waals surface area contributed by atoms with Crippen LogP contribution < -0.4 is 23.8 Å². The zero-order valence-corrected chi connectivity index (χ0v) is 45.0. The van der Waals surface area contributed by atoms with Crippen molar-refractivity contribution in [3.05, 3.63) is 137 Å². The van der Waals surface area contributed by atoms with E-state index in [0.717, 1.165) is 20.8 Å². The van der Waals surface area contributed by atoms with Gasteiger partial charge in [-0.1, -0.05) is 48.5 Å². The van der Waals surface area contributed by atoms with Crippen molar-refractivity contribution in [3.63, 3.8) is 0 Å². The van der Waals surface area contributed by atoms with E-state index in [-0.39, 0.29) is 93.3 Å². The summed E-state index contributed by atoms with van der Waals surface area (Å²) in [5, 5.41) is 13.4. The fourth-order valence-electron chi connectivity index (χ4n) is 9.59. The Bertz CT molecular complexity index is 3340. The minimum atomic E-state index is -5.08. The number of hydrogen-bond donors (Lipinski definition) is 1. The van der Waals surface area contributed by atoms with Crippen molar-refractivity contribution in [1.82, 2.24) is 39.0 Å². The molecule has 6 aromatic rings. The standard InChI is InChI=1S/C54H59N9O12S2/c1-54(2,3)75-53(67)59-27-26-39(34-59)57-76(68,69)46-24-23-45(61-28-25-38(29-47(61)64)32-62-51(65)43-9-7-8-10-44(43)52(62)66)48(50-55-58-63(56-50)33-37-15-21-42(74-6)22-16-37)49(46)77(70,71)60(30-35-11-17-40(72-4)18-12-35)31-36-13-19-41(73-5)20-14-36/h7-24,38-39,57H,25-34H2,1-6H3/t38-,39-/m1/s1. The number of aromatic nitrogens is 4. The number of piperidine rings is 1. The molecule has 5 aromatic carbocycles. The number of imide groups is 1. The molecule has 4 heterocycles. The van der Waals surface area contributed by atoms with Crippen molar-refractivity contribution in [2.75, 3.05) is 52.4 Å².